The summed E-state index contributed by atoms with van der Waals surface area (Å²) in [6.45, 7) is 7.24. The van der Waals surface area contributed by atoms with Crippen LogP contribution in [0.5, 0.6) is 0 Å². The molecule has 2 N–H and O–H groups in total. The number of carbonyl (C=O) groups excluding carboxylic acids is 1. The predicted octanol–water partition coefficient (Wildman–Crippen LogP) is 4.28. The molecule has 168 valence electrons. The lowest BCUT2D eigenvalue weighted by atomic mass is 10.3. The molecule has 0 spiro atoms. The van der Waals surface area contributed by atoms with Crippen molar-refractivity contribution in [2.45, 2.75) is 42.9 Å². The highest BCUT2D eigenvalue weighted by atomic mass is 32.2. The minimum absolute atomic E-state index is 0.0234. The summed E-state index contributed by atoms with van der Waals surface area (Å²) in [6, 6.07) is 8.25. The van der Waals surface area contributed by atoms with E-state index >= 15 is 0 Å². The van der Waals surface area contributed by atoms with Crippen LogP contribution in [0.2, 0.25) is 0 Å². The second kappa shape index (κ2) is 10.5. The molecular weight excluding hydrogens is 462 g/mol. The molecule has 0 unspecified atom stereocenters. The van der Waals surface area contributed by atoms with Gasteiger partial charge in [0.15, 0.2) is 15.1 Å². The van der Waals surface area contributed by atoms with Crippen LogP contribution < -0.4 is 10.6 Å². The zero-order valence-electron chi connectivity index (χ0n) is 18.2. The molecule has 3 aromatic heterocycles. The highest BCUT2D eigenvalue weighted by Gasteiger charge is 2.14. The van der Waals surface area contributed by atoms with Crippen molar-refractivity contribution in [3.8, 4) is 0 Å². The van der Waals surface area contributed by atoms with Gasteiger partial charge in [0.05, 0.1) is 34.1 Å². The molecule has 4 rings (SSSR count). The van der Waals surface area contributed by atoms with E-state index in [-0.39, 0.29) is 11.9 Å². The Kier molecular flexibility index (Phi) is 7.48. The fraction of sp³-hybridized carbons (Fsp3) is 0.381. The van der Waals surface area contributed by atoms with Crippen LogP contribution in [0.3, 0.4) is 0 Å². The summed E-state index contributed by atoms with van der Waals surface area (Å²) in [7, 11) is 0. The predicted molar refractivity (Wildman–Crippen MR) is 134 cm³/mol. The lowest BCUT2D eigenvalue weighted by Crippen LogP contribution is -2.29. The second-order valence-electron chi connectivity index (χ2n) is 7.28. The third-order valence-corrected chi connectivity index (χ3v) is 7.33. The molecule has 0 aliphatic carbocycles. The number of hydrogen-bond acceptors (Lipinski definition) is 9. The van der Waals surface area contributed by atoms with Gasteiger partial charge in [-0.05, 0) is 31.7 Å². The largest absolute Gasteiger partial charge is 0.367 e. The van der Waals surface area contributed by atoms with E-state index in [9.17, 15) is 4.79 Å². The lowest BCUT2D eigenvalue weighted by Gasteiger charge is -2.11. The molecule has 0 aliphatic heterocycles. The Bertz CT molecular complexity index is 1190. The van der Waals surface area contributed by atoms with Crippen molar-refractivity contribution < 1.29 is 4.79 Å². The zero-order chi connectivity index (χ0) is 22.5. The van der Waals surface area contributed by atoms with Crippen LogP contribution in [0.25, 0.3) is 21.3 Å². The Hall–Kier alpha value is -2.37. The molecular formula is C21H25N7OS3. The van der Waals surface area contributed by atoms with Crippen molar-refractivity contribution in [1.82, 2.24) is 30.0 Å². The van der Waals surface area contributed by atoms with Crippen LogP contribution in [-0.4, -0.2) is 54.7 Å². The molecule has 0 aliphatic rings. The number of nitrogens with zero attached hydrogens (tertiary/aromatic N) is 5. The van der Waals surface area contributed by atoms with Crippen LogP contribution in [0, 0.1) is 0 Å². The van der Waals surface area contributed by atoms with Gasteiger partial charge in [-0.2, -0.15) is 5.10 Å². The van der Waals surface area contributed by atoms with Gasteiger partial charge in [-0.25, -0.2) is 19.6 Å². The fourth-order valence-corrected chi connectivity index (χ4v) is 5.53. The van der Waals surface area contributed by atoms with Gasteiger partial charge in [-0.15, -0.1) is 11.3 Å². The van der Waals surface area contributed by atoms with Gasteiger partial charge in [0.1, 0.15) is 5.82 Å². The van der Waals surface area contributed by atoms with Crippen molar-refractivity contribution >= 4 is 67.8 Å². The highest BCUT2D eigenvalue weighted by molar-refractivity contribution is 8.01. The first kappa shape index (κ1) is 22.8. The SMILES string of the molecule is CCSc1nc(NC(C)C)c2cnn(CCNC(=O)CSc3nc4ccccc4s3)c2n1. The summed E-state index contributed by atoms with van der Waals surface area (Å²) in [6.07, 6.45) is 1.78. The van der Waals surface area contributed by atoms with Gasteiger partial charge in [0, 0.05) is 12.6 Å². The number of amides is 1. The molecule has 0 atom stereocenters. The van der Waals surface area contributed by atoms with Gasteiger partial charge in [0.25, 0.3) is 0 Å². The number of aromatic nitrogens is 5. The number of rotatable bonds is 10. The van der Waals surface area contributed by atoms with Crippen LogP contribution in [0.1, 0.15) is 20.8 Å². The molecule has 11 heteroatoms. The first-order valence-corrected chi connectivity index (χ1v) is 13.2. The van der Waals surface area contributed by atoms with Crippen LogP contribution in [-0.2, 0) is 11.3 Å². The average molecular weight is 488 g/mol. The van der Waals surface area contributed by atoms with E-state index in [1.165, 1.54) is 11.8 Å². The Balaban J connectivity index is 1.36. The van der Waals surface area contributed by atoms with Crippen LogP contribution in [0.15, 0.2) is 40.0 Å². The first-order valence-electron chi connectivity index (χ1n) is 10.4. The average Bonchev–Trinajstić information content (AvgIpc) is 3.36. The van der Waals surface area contributed by atoms with E-state index in [1.54, 1.807) is 29.3 Å². The maximum absolute atomic E-state index is 12.3. The number of benzene rings is 1. The molecule has 0 bridgehead atoms. The van der Waals surface area contributed by atoms with E-state index in [1.807, 2.05) is 28.9 Å². The number of anilines is 1. The molecule has 1 aromatic carbocycles. The Labute approximate surface area is 199 Å². The Morgan fingerprint density at radius 2 is 2.03 bits per heavy atom. The summed E-state index contributed by atoms with van der Waals surface area (Å²) in [5, 5.41) is 12.4. The summed E-state index contributed by atoms with van der Waals surface area (Å²) in [4.78, 5) is 26.2. The first-order chi connectivity index (χ1) is 15.5. The van der Waals surface area contributed by atoms with Gasteiger partial charge < -0.3 is 10.6 Å². The van der Waals surface area contributed by atoms with Gasteiger partial charge in [0.2, 0.25) is 5.91 Å². The summed E-state index contributed by atoms with van der Waals surface area (Å²) in [5.74, 6) is 2.00. The molecule has 0 saturated carbocycles. The van der Waals surface area contributed by atoms with E-state index < -0.39 is 0 Å². The molecule has 32 heavy (non-hydrogen) atoms. The summed E-state index contributed by atoms with van der Waals surface area (Å²) >= 11 is 4.67. The molecule has 0 fully saturated rings. The van der Waals surface area contributed by atoms with Crippen molar-refractivity contribution in [3.63, 3.8) is 0 Å². The van der Waals surface area contributed by atoms with E-state index in [2.05, 4.69) is 51.5 Å². The smallest absolute Gasteiger partial charge is 0.230 e. The van der Waals surface area contributed by atoms with Crippen LogP contribution >= 0.6 is 34.9 Å². The minimum atomic E-state index is -0.0234. The minimum Gasteiger partial charge on any atom is -0.367 e. The molecule has 0 saturated heterocycles. The quantitative estimate of drug-likeness (QED) is 0.253. The number of para-hydroxylation sites is 1. The highest BCUT2D eigenvalue weighted by Crippen LogP contribution is 2.29. The standard InChI is InChI=1S/C21H25N7OS3/c1-4-30-20-26-18(24-13(2)3)14-11-23-28(19(14)27-20)10-9-22-17(29)12-31-21-25-15-7-5-6-8-16(15)32-21/h5-8,11,13H,4,9-10,12H2,1-3H3,(H,22,29)(H,24,26,27). The molecule has 8 nitrogen and oxygen atoms in total. The molecule has 4 aromatic rings. The lowest BCUT2D eigenvalue weighted by molar-refractivity contribution is -0.118. The van der Waals surface area contributed by atoms with Crippen molar-refractivity contribution in [2.75, 3.05) is 23.4 Å². The summed E-state index contributed by atoms with van der Waals surface area (Å²) < 4.78 is 3.86. The third kappa shape index (κ3) is 5.51. The second-order valence-corrected chi connectivity index (χ2v) is 10.8. The Morgan fingerprint density at radius 3 is 2.81 bits per heavy atom. The van der Waals surface area contributed by atoms with Gasteiger partial charge in [-0.3, -0.25) is 4.79 Å². The number of hydrogen-bond donors (Lipinski definition) is 2. The van der Waals surface area contributed by atoms with E-state index in [0.29, 0.717) is 18.8 Å². The topological polar surface area (TPSA) is 97.6 Å². The van der Waals surface area contributed by atoms with Gasteiger partial charge >= 0.3 is 0 Å². The van der Waals surface area contributed by atoms with Crippen molar-refractivity contribution in [3.05, 3.63) is 30.5 Å². The maximum Gasteiger partial charge on any atom is 0.230 e. The monoisotopic (exact) mass is 487 g/mol. The third-order valence-electron chi connectivity index (χ3n) is 4.42. The van der Waals surface area contributed by atoms with E-state index in [4.69, 9.17) is 0 Å². The number of thioether (sulfide) groups is 2. The van der Waals surface area contributed by atoms with E-state index in [0.717, 1.165) is 42.3 Å². The van der Waals surface area contributed by atoms with Crippen molar-refractivity contribution in [1.29, 1.82) is 0 Å². The normalized spacial score (nSPS) is 11.5. The summed E-state index contributed by atoms with van der Waals surface area (Å²) in [5.41, 5.74) is 1.75. The number of thiazole rings is 1. The molecule has 3 heterocycles. The maximum atomic E-state index is 12.3. The molecule has 0 radical (unpaired) electrons. The number of carbonyl (C=O) groups is 1. The zero-order valence-corrected chi connectivity index (χ0v) is 20.6. The fourth-order valence-electron chi connectivity index (χ4n) is 3.07. The molecule has 1 amide bonds. The van der Waals surface area contributed by atoms with Crippen molar-refractivity contribution in [2.24, 2.45) is 0 Å². The number of fused-ring (bicyclic) bond motifs is 2. The number of nitrogens with one attached hydrogen (secondary N) is 2. The van der Waals surface area contributed by atoms with Gasteiger partial charge in [-0.1, -0.05) is 42.6 Å². The Morgan fingerprint density at radius 1 is 1.19 bits per heavy atom. The van der Waals surface area contributed by atoms with Crippen LogP contribution in [0.4, 0.5) is 5.82 Å².